The van der Waals surface area contributed by atoms with E-state index in [0.29, 0.717) is 5.88 Å². The molecule has 0 aliphatic rings. The summed E-state index contributed by atoms with van der Waals surface area (Å²) in [6.07, 6.45) is 2.61. The summed E-state index contributed by atoms with van der Waals surface area (Å²) in [6, 6.07) is 6.58. The number of thiophene rings is 1. The van der Waals surface area contributed by atoms with Crippen LogP contribution in [0.4, 0.5) is 0 Å². The topological polar surface area (TPSA) is 30.7 Å². The number of aromatic nitrogens is 3. The van der Waals surface area contributed by atoms with E-state index in [1.165, 1.54) is 9.75 Å². The monoisotopic (exact) mass is 319 g/mol. The number of pyridine rings is 1. The van der Waals surface area contributed by atoms with E-state index in [0.717, 1.165) is 29.0 Å². The quantitative estimate of drug-likeness (QED) is 0.663. The molecular formula is C16H18ClN3S. The third kappa shape index (κ3) is 2.58. The molecule has 0 fully saturated rings. The number of nitrogens with zero attached hydrogens (tertiary/aromatic N) is 3. The van der Waals surface area contributed by atoms with Gasteiger partial charge in [0.05, 0.1) is 6.04 Å². The summed E-state index contributed by atoms with van der Waals surface area (Å²) in [5.74, 6) is 1.58. The van der Waals surface area contributed by atoms with E-state index in [1.54, 1.807) is 0 Å². The molecule has 1 atom stereocenters. The lowest BCUT2D eigenvalue weighted by molar-refractivity contribution is 0.628. The second-order valence-electron chi connectivity index (χ2n) is 5.26. The summed E-state index contributed by atoms with van der Waals surface area (Å²) in [4.78, 5) is 12.0. The fraction of sp³-hybridized carbons (Fsp3) is 0.375. The SMILES string of the molecule is Cc1ccc(C(C)n2c(CCCl)nc3c(C)ccnc32)s1. The molecule has 0 aliphatic heterocycles. The number of imidazole rings is 1. The summed E-state index contributed by atoms with van der Waals surface area (Å²) in [7, 11) is 0. The van der Waals surface area contributed by atoms with Crippen LogP contribution in [0.3, 0.4) is 0 Å². The highest BCUT2D eigenvalue weighted by molar-refractivity contribution is 7.12. The first kappa shape index (κ1) is 14.5. The van der Waals surface area contributed by atoms with Gasteiger partial charge in [-0.25, -0.2) is 9.97 Å². The predicted molar refractivity (Wildman–Crippen MR) is 89.6 cm³/mol. The molecule has 0 bridgehead atoms. The molecule has 3 aromatic heterocycles. The Morgan fingerprint density at radius 3 is 2.76 bits per heavy atom. The van der Waals surface area contributed by atoms with Gasteiger partial charge in [-0.05, 0) is 44.5 Å². The van der Waals surface area contributed by atoms with Crippen LogP contribution in [0.1, 0.15) is 34.1 Å². The molecule has 3 rings (SSSR count). The fourth-order valence-electron chi connectivity index (χ4n) is 2.63. The zero-order chi connectivity index (χ0) is 15.0. The average Bonchev–Trinajstić information content (AvgIpc) is 3.03. The standard InChI is InChI=1S/C16H18ClN3S/c1-10-7-9-18-16-15(10)19-14(6-8-17)20(16)12(3)13-5-4-11(2)21-13/h4-5,7,9,12H,6,8H2,1-3H3. The lowest BCUT2D eigenvalue weighted by Gasteiger charge is -2.15. The largest absolute Gasteiger partial charge is 0.304 e. The molecule has 0 spiro atoms. The van der Waals surface area contributed by atoms with Crippen LogP contribution in [0.25, 0.3) is 11.2 Å². The molecule has 110 valence electrons. The Balaban J connectivity index is 2.19. The average molecular weight is 320 g/mol. The number of hydrogen-bond donors (Lipinski definition) is 0. The van der Waals surface area contributed by atoms with Crippen molar-refractivity contribution in [1.29, 1.82) is 0 Å². The Morgan fingerprint density at radius 2 is 2.10 bits per heavy atom. The second-order valence-corrected chi connectivity index (χ2v) is 6.96. The van der Waals surface area contributed by atoms with Gasteiger partial charge in [0, 0.05) is 28.3 Å². The van der Waals surface area contributed by atoms with Crippen molar-refractivity contribution in [1.82, 2.24) is 14.5 Å². The van der Waals surface area contributed by atoms with Crippen molar-refractivity contribution < 1.29 is 0 Å². The van der Waals surface area contributed by atoms with Crippen LogP contribution >= 0.6 is 22.9 Å². The molecule has 0 amide bonds. The molecule has 1 unspecified atom stereocenters. The number of hydrogen-bond acceptors (Lipinski definition) is 3. The first-order chi connectivity index (χ1) is 10.1. The molecule has 3 aromatic rings. The van der Waals surface area contributed by atoms with Crippen LogP contribution in [0.5, 0.6) is 0 Å². The highest BCUT2D eigenvalue weighted by Gasteiger charge is 2.19. The zero-order valence-electron chi connectivity index (χ0n) is 12.4. The van der Waals surface area contributed by atoms with Crippen LogP contribution in [0.15, 0.2) is 24.4 Å². The van der Waals surface area contributed by atoms with Crippen molar-refractivity contribution >= 4 is 34.1 Å². The molecule has 0 radical (unpaired) electrons. The second kappa shape index (κ2) is 5.78. The number of alkyl halides is 1. The molecular weight excluding hydrogens is 302 g/mol. The lowest BCUT2D eigenvalue weighted by Crippen LogP contribution is -2.10. The molecule has 0 saturated heterocycles. The van der Waals surface area contributed by atoms with Crippen molar-refractivity contribution in [3.8, 4) is 0 Å². The Hall–Kier alpha value is -1.39. The van der Waals surface area contributed by atoms with Gasteiger partial charge in [0.25, 0.3) is 0 Å². The third-order valence-corrected chi connectivity index (χ3v) is 5.09. The molecule has 0 N–H and O–H groups in total. The van der Waals surface area contributed by atoms with E-state index in [2.05, 4.69) is 42.5 Å². The number of rotatable bonds is 4. The number of fused-ring (bicyclic) bond motifs is 1. The number of halogens is 1. The fourth-order valence-corrected chi connectivity index (χ4v) is 3.72. The normalized spacial score (nSPS) is 13.0. The summed E-state index contributed by atoms with van der Waals surface area (Å²) in [5.41, 5.74) is 3.09. The van der Waals surface area contributed by atoms with Gasteiger partial charge in [0.15, 0.2) is 5.65 Å². The Kier molecular flexibility index (Phi) is 4.00. The highest BCUT2D eigenvalue weighted by atomic mass is 35.5. The maximum absolute atomic E-state index is 5.96. The minimum absolute atomic E-state index is 0.223. The Morgan fingerprint density at radius 1 is 1.29 bits per heavy atom. The first-order valence-corrected chi connectivity index (χ1v) is 8.41. The first-order valence-electron chi connectivity index (χ1n) is 7.06. The van der Waals surface area contributed by atoms with Gasteiger partial charge in [-0.1, -0.05) is 0 Å². The van der Waals surface area contributed by atoms with Crippen molar-refractivity contribution in [3.63, 3.8) is 0 Å². The number of aryl methyl sites for hydroxylation is 3. The highest BCUT2D eigenvalue weighted by Crippen LogP contribution is 2.30. The molecule has 3 heterocycles. The minimum atomic E-state index is 0.223. The van der Waals surface area contributed by atoms with Crippen molar-refractivity contribution in [2.45, 2.75) is 33.2 Å². The van der Waals surface area contributed by atoms with E-state index >= 15 is 0 Å². The van der Waals surface area contributed by atoms with Crippen molar-refractivity contribution in [3.05, 3.63) is 45.5 Å². The maximum atomic E-state index is 5.96. The summed E-state index contributed by atoms with van der Waals surface area (Å²) in [6.45, 7) is 6.41. The maximum Gasteiger partial charge on any atom is 0.160 e. The van der Waals surface area contributed by atoms with Gasteiger partial charge < -0.3 is 4.57 Å². The lowest BCUT2D eigenvalue weighted by atomic mass is 10.2. The zero-order valence-corrected chi connectivity index (χ0v) is 14.0. The molecule has 0 aliphatic carbocycles. The van der Waals surface area contributed by atoms with Crippen molar-refractivity contribution in [2.75, 3.05) is 5.88 Å². The molecule has 21 heavy (non-hydrogen) atoms. The van der Waals surface area contributed by atoms with E-state index < -0.39 is 0 Å². The smallest absolute Gasteiger partial charge is 0.160 e. The van der Waals surface area contributed by atoms with E-state index in [9.17, 15) is 0 Å². The molecule has 3 nitrogen and oxygen atoms in total. The van der Waals surface area contributed by atoms with Gasteiger partial charge in [-0.2, -0.15) is 0 Å². The van der Waals surface area contributed by atoms with Gasteiger partial charge in [-0.15, -0.1) is 22.9 Å². The Labute approximate surface area is 133 Å². The van der Waals surface area contributed by atoms with Crippen LogP contribution in [-0.2, 0) is 6.42 Å². The molecule has 5 heteroatoms. The van der Waals surface area contributed by atoms with Gasteiger partial charge in [-0.3, -0.25) is 0 Å². The van der Waals surface area contributed by atoms with E-state index in [4.69, 9.17) is 16.6 Å². The summed E-state index contributed by atoms with van der Waals surface area (Å²) < 4.78 is 2.23. The van der Waals surface area contributed by atoms with E-state index in [1.807, 2.05) is 23.6 Å². The van der Waals surface area contributed by atoms with Crippen LogP contribution in [0, 0.1) is 13.8 Å². The van der Waals surface area contributed by atoms with Crippen LogP contribution < -0.4 is 0 Å². The van der Waals surface area contributed by atoms with Crippen LogP contribution in [-0.4, -0.2) is 20.4 Å². The summed E-state index contributed by atoms with van der Waals surface area (Å²) in [5, 5.41) is 0. The van der Waals surface area contributed by atoms with Crippen LogP contribution in [0.2, 0.25) is 0 Å². The summed E-state index contributed by atoms with van der Waals surface area (Å²) >= 11 is 7.78. The van der Waals surface area contributed by atoms with Gasteiger partial charge in [0.2, 0.25) is 0 Å². The van der Waals surface area contributed by atoms with Gasteiger partial charge in [0.1, 0.15) is 11.3 Å². The van der Waals surface area contributed by atoms with E-state index in [-0.39, 0.29) is 6.04 Å². The minimum Gasteiger partial charge on any atom is -0.304 e. The van der Waals surface area contributed by atoms with Crippen molar-refractivity contribution in [2.24, 2.45) is 0 Å². The van der Waals surface area contributed by atoms with Gasteiger partial charge >= 0.3 is 0 Å². The molecule has 0 saturated carbocycles. The molecule has 0 aromatic carbocycles. The predicted octanol–water partition coefficient (Wildman–Crippen LogP) is 4.50. The Bertz CT molecular complexity index is 775. The third-order valence-electron chi connectivity index (χ3n) is 3.73.